The summed E-state index contributed by atoms with van der Waals surface area (Å²) in [4.78, 5) is 22.3. The molecule has 1 heterocycles. The zero-order chi connectivity index (χ0) is 12.6. The molecule has 0 unspecified atom stereocenters. The fourth-order valence-corrected chi connectivity index (χ4v) is 4.26. The smallest absolute Gasteiger partial charge is 0.346 e. The molecule has 0 bridgehead atoms. The zero-order valence-electron chi connectivity index (χ0n) is 8.95. The van der Waals surface area contributed by atoms with E-state index in [4.69, 9.17) is 16.7 Å². The number of allylic oxidation sites excluding steroid dienone is 1. The van der Waals surface area contributed by atoms with Gasteiger partial charge in [-0.1, -0.05) is 11.6 Å². The average molecular weight is 289 g/mol. The Labute approximate surface area is 111 Å². The normalized spacial score (nSPS) is 14.7. The van der Waals surface area contributed by atoms with Gasteiger partial charge in [0.2, 0.25) is 0 Å². The zero-order valence-corrected chi connectivity index (χ0v) is 11.3. The SMILES string of the molecule is CSc1sc(C(=O)O)c2c1C(Cl)=C(C=O)CC2. The highest BCUT2D eigenvalue weighted by Crippen LogP contribution is 2.45. The lowest BCUT2D eigenvalue weighted by molar-refractivity contribution is -0.105. The second-order valence-corrected chi connectivity index (χ2v) is 6.01. The van der Waals surface area contributed by atoms with Gasteiger partial charge in [-0.3, -0.25) is 4.79 Å². The van der Waals surface area contributed by atoms with Crippen molar-refractivity contribution in [3.63, 3.8) is 0 Å². The predicted molar refractivity (Wildman–Crippen MR) is 70.2 cm³/mol. The van der Waals surface area contributed by atoms with Crippen LogP contribution < -0.4 is 0 Å². The first-order chi connectivity index (χ1) is 8.10. The average Bonchev–Trinajstić information content (AvgIpc) is 2.69. The lowest BCUT2D eigenvalue weighted by Gasteiger charge is -2.14. The largest absolute Gasteiger partial charge is 0.477 e. The molecule has 2 rings (SSSR count). The Morgan fingerprint density at radius 2 is 2.24 bits per heavy atom. The Morgan fingerprint density at radius 1 is 1.53 bits per heavy atom. The predicted octanol–water partition coefficient (Wildman–Crippen LogP) is 3.26. The summed E-state index contributed by atoms with van der Waals surface area (Å²) >= 11 is 8.85. The number of carbonyl (C=O) groups excluding carboxylic acids is 1. The monoisotopic (exact) mass is 288 g/mol. The van der Waals surface area contributed by atoms with Crippen LogP contribution in [0.2, 0.25) is 0 Å². The fraction of sp³-hybridized carbons (Fsp3) is 0.273. The number of hydrogen-bond acceptors (Lipinski definition) is 4. The summed E-state index contributed by atoms with van der Waals surface area (Å²) in [6.45, 7) is 0. The summed E-state index contributed by atoms with van der Waals surface area (Å²) in [6.07, 6.45) is 3.71. The summed E-state index contributed by atoms with van der Waals surface area (Å²) < 4.78 is 0.862. The van der Waals surface area contributed by atoms with Crippen molar-refractivity contribution >= 4 is 52.0 Å². The molecule has 0 saturated carbocycles. The number of fused-ring (bicyclic) bond motifs is 1. The van der Waals surface area contributed by atoms with Crippen molar-refractivity contribution in [1.29, 1.82) is 0 Å². The molecule has 1 aromatic rings. The number of thioether (sulfide) groups is 1. The van der Waals surface area contributed by atoms with Crippen LogP contribution in [0, 0.1) is 0 Å². The van der Waals surface area contributed by atoms with Gasteiger partial charge in [0.1, 0.15) is 11.2 Å². The van der Waals surface area contributed by atoms with Gasteiger partial charge in [0.05, 0.1) is 9.24 Å². The molecule has 1 N–H and O–H groups in total. The van der Waals surface area contributed by atoms with Crippen molar-refractivity contribution in [2.24, 2.45) is 0 Å². The van der Waals surface area contributed by atoms with Crippen LogP contribution in [0.15, 0.2) is 9.78 Å². The van der Waals surface area contributed by atoms with Crippen LogP contribution in [-0.4, -0.2) is 23.6 Å². The van der Waals surface area contributed by atoms with Crippen LogP contribution in [-0.2, 0) is 11.2 Å². The second-order valence-electron chi connectivity index (χ2n) is 3.54. The number of thiophene rings is 1. The van der Waals surface area contributed by atoms with Gasteiger partial charge in [-0.05, 0) is 24.7 Å². The van der Waals surface area contributed by atoms with E-state index in [9.17, 15) is 9.59 Å². The molecule has 3 nitrogen and oxygen atoms in total. The minimum absolute atomic E-state index is 0.340. The first kappa shape index (κ1) is 12.7. The number of rotatable bonds is 3. The van der Waals surface area contributed by atoms with Gasteiger partial charge in [0.15, 0.2) is 0 Å². The van der Waals surface area contributed by atoms with Crippen LogP contribution in [0.4, 0.5) is 0 Å². The maximum absolute atomic E-state index is 11.1. The third-order valence-corrected chi connectivity index (χ3v) is 5.41. The van der Waals surface area contributed by atoms with E-state index in [2.05, 4.69) is 0 Å². The van der Waals surface area contributed by atoms with E-state index >= 15 is 0 Å². The molecule has 1 aromatic heterocycles. The van der Waals surface area contributed by atoms with E-state index < -0.39 is 5.97 Å². The Kier molecular flexibility index (Phi) is 3.61. The van der Waals surface area contributed by atoms with E-state index in [-0.39, 0.29) is 0 Å². The number of carbonyl (C=O) groups is 2. The number of hydrogen-bond donors (Lipinski definition) is 1. The van der Waals surface area contributed by atoms with E-state index in [1.165, 1.54) is 23.1 Å². The quantitative estimate of drug-likeness (QED) is 0.685. The number of aromatic carboxylic acids is 1. The highest BCUT2D eigenvalue weighted by molar-refractivity contribution is 8.00. The van der Waals surface area contributed by atoms with Gasteiger partial charge in [-0.15, -0.1) is 23.1 Å². The summed E-state index contributed by atoms with van der Waals surface area (Å²) in [6, 6.07) is 0. The van der Waals surface area contributed by atoms with E-state index in [0.29, 0.717) is 28.3 Å². The first-order valence-electron chi connectivity index (χ1n) is 4.87. The highest BCUT2D eigenvalue weighted by Gasteiger charge is 2.28. The molecule has 0 atom stereocenters. The molecule has 0 spiro atoms. The third-order valence-electron chi connectivity index (χ3n) is 2.64. The molecule has 1 aliphatic rings. The number of halogens is 1. The Morgan fingerprint density at radius 3 is 2.76 bits per heavy atom. The van der Waals surface area contributed by atoms with Crippen molar-refractivity contribution in [3.05, 3.63) is 21.6 Å². The van der Waals surface area contributed by atoms with Gasteiger partial charge < -0.3 is 5.11 Å². The lowest BCUT2D eigenvalue weighted by atomic mass is 9.94. The van der Waals surface area contributed by atoms with Crippen LogP contribution in [0.1, 0.15) is 27.2 Å². The Bertz CT molecular complexity index is 531. The molecule has 0 aromatic carbocycles. The molecule has 0 fully saturated rings. The van der Waals surface area contributed by atoms with Gasteiger partial charge >= 0.3 is 5.97 Å². The van der Waals surface area contributed by atoms with Crippen molar-refractivity contribution in [3.8, 4) is 0 Å². The molecular weight excluding hydrogens is 280 g/mol. The number of carboxylic acid groups (broad SMARTS) is 1. The number of carboxylic acids is 1. The molecule has 0 saturated heterocycles. The van der Waals surface area contributed by atoms with E-state index in [1.54, 1.807) is 0 Å². The summed E-state index contributed by atoms with van der Waals surface area (Å²) in [5.74, 6) is -0.925. The minimum atomic E-state index is -0.925. The van der Waals surface area contributed by atoms with Crippen LogP contribution >= 0.6 is 34.7 Å². The topological polar surface area (TPSA) is 54.4 Å². The summed E-state index contributed by atoms with van der Waals surface area (Å²) in [5.41, 5.74) is 2.07. The van der Waals surface area contributed by atoms with E-state index in [1.807, 2.05) is 6.26 Å². The summed E-state index contributed by atoms with van der Waals surface area (Å²) in [5, 5.41) is 9.54. The maximum Gasteiger partial charge on any atom is 0.346 e. The third kappa shape index (κ3) is 2.03. The summed E-state index contributed by atoms with van der Waals surface area (Å²) in [7, 11) is 0. The van der Waals surface area contributed by atoms with Crippen molar-refractivity contribution in [2.45, 2.75) is 17.1 Å². The van der Waals surface area contributed by atoms with Gasteiger partial charge in [0.25, 0.3) is 0 Å². The van der Waals surface area contributed by atoms with Crippen LogP contribution in [0.25, 0.3) is 5.03 Å². The van der Waals surface area contributed by atoms with Crippen LogP contribution in [0.3, 0.4) is 0 Å². The van der Waals surface area contributed by atoms with Gasteiger partial charge in [-0.2, -0.15) is 0 Å². The molecule has 90 valence electrons. The van der Waals surface area contributed by atoms with Crippen molar-refractivity contribution in [2.75, 3.05) is 6.26 Å². The lowest BCUT2D eigenvalue weighted by Crippen LogP contribution is -2.06. The van der Waals surface area contributed by atoms with E-state index in [0.717, 1.165) is 21.6 Å². The van der Waals surface area contributed by atoms with Crippen molar-refractivity contribution < 1.29 is 14.7 Å². The molecule has 0 radical (unpaired) electrons. The standard InChI is InChI=1S/C11H9ClO3S2/c1-16-11-7-6(9(17-11)10(14)15)3-2-5(4-13)8(7)12/h4H,2-3H2,1H3,(H,14,15). The highest BCUT2D eigenvalue weighted by atomic mass is 35.5. The molecule has 0 aliphatic heterocycles. The molecule has 17 heavy (non-hydrogen) atoms. The van der Waals surface area contributed by atoms with Gasteiger partial charge in [-0.25, -0.2) is 4.79 Å². The van der Waals surface area contributed by atoms with Crippen molar-refractivity contribution in [1.82, 2.24) is 0 Å². The van der Waals surface area contributed by atoms with Crippen LogP contribution in [0.5, 0.6) is 0 Å². The molecule has 0 amide bonds. The first-order valence-corrected chi connectivity index (χ1v) is 7.29. The minimum Gasteiger partial charge on any atom is -0.477 e. The Hall–Kier alpha value is -0.780. The fourth-order valence-electron chi connectivity index (χ4n) is 1.86. The molecular formula is C11H9ClO3S2. The second kappa shape index (κ2) is 4.84. The molecule has 6 heteroatoms. The Balaban J connectivity index is 2.69. The maximum atomic E-state index is 11.1. The molecule has 1 aliphatic carbocycles. The van der Waals surface area contributed by atoms with Gasteiger partial charge in [0, 0.05) is 11.1 Å². The number of aldehydes is 1.